The number of rotatable bonds is 6. The Bertz CT molecular complexity index is 1030. The van der Waals surface area contributed by atoms with Gasteiger partial charge in [-0.15, -0.1) is 0 Å². The van der Waals surface area contributed by atoms with Crippen LogP contribution in [0, 0.1) is 0 Å². The number of hydrogen-bond acceptors (Lipinski definition) is 4. The number of carbonyl (C=O) groups is 3. The molecule has 0 fully saturated rings. The Kier molecular flexibility index (Phi) is 6.19. The number of anilines is 1. The minimum Gasteiger partial charge on any atom is -0.449 e. The van der Waals surface area contributed by atoms with Gasteiger partial charge in [0.25, 0.3) is 5.91 Å². The Morgan fingerprint density at radius 3 is 2.10 bits per heavy atom. The second kappa shape index (κ2) is 8.97. The largest absolute Gasteiger partial charge is 0.449 e. The van der Waals surface area contributed by atoms with E-state index in [9.17, 15) is 14.4 Å². The van der Waals surface area contributed by atoms with Gasteiger partial charge in [0.1, 0.15) is 0 Å². The van der Waals surface area contributed by atoms with Crippen molar-refractivity contribution in [1.29, 1.82) is 0 Å². The van der Waals surface area contributed by atoms with Crippen molar-refractivity contribution >= 4 is 23.3 Å². The summed E-state index contributed by atoms with van der Waals surface area (Å²) in [4.78, 5) is 36.1. The SMILES string of the molecule is CC(=O)c1cccc(NC(=O)[C@@H](C)OC(=O)c2ccc(-c3ccccc3)cc2)c1. The second-order valence-electron chi connectivity index (χ2n) is 6.62. The molecule has 1 N–H and O–H groups in total. The molecule has 0 saturated carbocycles. The van der Waals surface area contributed by atoms with Gasteiger partial charge < -0.3 is 10.1 Å². The van der Waals surface area contributed by atoms with E-state index in [1.54, 1.807) is 36.4 Å². The monoisotopic (exact) mass is 387 g/mol. The van der Waals surface area contributed by atoms with E-state index in [-0.39, 0.29) is 5.78 Å². The number of esters is 1. The summed E-state index contributed by atoms with van der Waals surface area (Å²) in [6.45, 7) is 2.95. The highest BCUT2D eigenvalue weighted by atomic mass is 16.5. The van der Waals surface area contributed by atoms with Crippen molar-refractivity contribution < 1.29 is 19.1 Å². The summed E-state index contributed by atoms with van der Waals surface area (Å²) in [6, 6.07) is 23.4. The Labute approximate surface area is 169 Å². The first-order valence-electron chi connectivity index (χ1n) is 9.22. The van der Waals surface area contributed by atoms with E-state index >= 15 is 0 Å². The van der Waals surface area contributed by atoms with E-state index in [1.807, 2.05) is 42.5 Å². The van der Waals surface area contributed by atoms with E-state index in [1.165, 1.54) is 13.8 Å². The van der Waals surface area contributed by atoms with Crippen LogP contribution < -0.4 is 5.32 Å². The predicted octanol–water partition coefficient (Wildman–Crippen LogP) is 4.74. The molecule has 5 heteroatoms. The lowest BCUT2D eigenvalue weighted by atomic mass is 10.0. The Balaban J connectivity index is 1.61. The molecule has 0 saturated heterocycles. The number of Topliss-reactive ketones (excluding diaryl/α,β-unsaturated/α-hetero) is 1. The molecule has 1 atom stereocenters. The van der Waals surface area contributed by atoms with Crippen LogP contribution in [0.15, 0.2) is 78.9 Å². The Hall–Kier alpha value is -3.73. The van der Waals surface area contributed by atoms with E-state index in [0.717, 1.165) is 11.1 Å². The van der Waals surface area contributed by atoms with Crippen LogP contribution in [0.3, 0.4) is 0 Å². The van der Waals surface area contributed by atoms with E-state index in [0.29, 0.717) is 16.8 Å². The first-order valence-corrected chi connectivity index (χ1v) is 9.22. The molecule has 0 radical (unpaired) electrons. The minimum absolute atomic E-state index is 0.0977. The molecule has 0 bridgehead atoms. The summed E-state index contributed by atoms with van der Waals surface area (Å²) in [5.74, 6) is -1.15. The van der Waals surface area contributed by atoms with Gasteiger partial charge >= 0.3 is 5.97 Å². The summed E-state index contributed by atoms with van der Waals surface area (Å²) in [5, 5.41) is 2.66. The van der Waals surface area contributed by atoms with Crippen LogP contribution in [0.4, 0.5) is 5.69 Å². The van der Waals surface area contributed by atoms with Crippen molar-refractivity contribution in [3.63, 3.8) is 0 Å². The predicted molar refractivity (Wildman–Crippen MR) is 112 cm³/mol. The van der Waals surface area contributed by atoms with Gasteiger partial charge in [0.2, 0.25) is 0 Å². The third kappa shape index (κ3) is 5.17. The second-order valence-corrected chi connectivity index (χ2v) is 6.62. The molecule has 0 heterocycles. The fraction of sp³-hybridized carbons (Fsp3) is 0.125. The van der Waals surface area contributed by atoms with Crippen LogP contribution in [0.25, 0.3) is 11.1 Å². The lowest BCUT2D eigenvalue weighted by Gasteiger charge is -2.14. The molecule has 3 aromatic carbocycles. The van der Waals surface area contributed by atoms with Crippen molar-refractivity contribution in [3.05, 3.63) is 90.0 Å². The number of hydrogen-bond donors (Lipinski definition) is 1. The van der Waals surface area contributed by atoms with E-state index in [2.05, 4.69) is 5.32 Å². The number of ketones is 1. The normalized spacial score (nSPS) is 11.4. The summed E-state index contributed by atoms with van der Waals surface area (Å²) in [7, 11) is 0. The van der Waals surface area contributed by atoms with Crippen LogP contribution in [-0.2, 0) is 9.53 Å². The number of ether oxygens (including phenoxy) is 1. The number of amides is 1. The average Bonchev–Trinajstić information content (AvgIpc) is 2.74. The first-order chi connectivity index (χ1) is 13.9. The third-order valence-corrected chi connectivity index (χ3v) is 4.42. The average molecular weight is 387 g/mol. The molecule has 3 aromatic rings. The number of carbonyl (C=O) groups excluding carboxylic acids is 3. The summed E-state index contributed by atoms with van der Waals surface area (Å²) in [6.07, 6.45) is -0.989. The molecule has 0 aromatic heterocycles. The minimum atomic E-state index is -0.989. The van der Waals surface area contributed by atoms with Crippen molar-refractivity contribution in [3.8, 4) is 11.1 Å². The van der Waals surface area contributed by atoms with Gasteiger partial charge in [-0.05, 0) is 49.2 Å². The molecule has 0 aliphatic rings. The lowest BCUT2D eigenvalue weighted by Crippen LogP contribution is -2.30. The fourth-order valence-corrected chi connectivity index (χ4v) is 2.77. The molecule has 3 rings (SSSR count). The van der Waals surface area contributed by atoms with Gasteiger partial charge in [-0.1, -0.05) is 54.6 Å². The smallest absolute Gasteiger partial charge is 0.338 e. The zero-order chi connectivity index (χ0) is 20.8. The summed E-state index contributed by atoms with van der Waals surface area (Å²) < 4.78 is 5.28. The Morgan fingerprint density at radius 1 is 0.793 bits per heavy atom. The molecule has 146 valence electrons. The summed E-state index contributed by atoms with van der Waals surface area (Å²) in [5.41, 5.74) is 3.36. The maximum absolute atomic E-state index is 12.4. The van der Waals surface area contributed by atoms with Crippen LogP contribution in [-0.4, -0.2) is 23.8 Å². The number of nitrogens with one attached hydrogen (secondary N) is 1. The van der Waals surface area contributed by atoms with Crippen molar-refractivity contribution in [1.82, 2.24) is 0 Å². The molecule has 5 nitrogen and oxygen atoms in total. The highest BCUT2D eigenvalue weighted by Gasteiger charge is 2.19. The van der Waals surface area contributed by atoms with Gasteiger partial charge in [-0.2, -0.15) is 0 Å². The molecule has 0 aliphatic heterocycles. The lowest BCUT2D eigenvalue weighted by molar-refractivity contribution is -0.123. The molecule has 0 aliphatic carbocycles. The molecule has 29 heavy (non-hydrogen) atoms. The van der Waals surface area contributed by atoms with Crippen molar-refractivity contribution in [2.75, 3.05) is 5.32 Å². The standard InChI is InChI=1S/C24H21NO4/c1-16(26)21-9-6-10-22(15-21)25-23(27)17(2)29-24(28)20-13-11-19(12-14-20)18-7-4-3-5-8-18/h3-15,17H,1-2H3,(H,25,27)/t17-/m1/s1. The highest BCUT2D eigenvalue weighted by molar-refractivity contribution is 5.99. The van der Waals surface area contributed by atoms with Crippen LogP contribution in [0.1, 0.15) is 34.6 Å². The first kappa shape index (κ1) is 20.0. The van der Waals surface area contributed by atoms with Gasteiger partial charge in [0, 0.05) is 11.3 Å². The maximum Gasteiger partial charge on any atom is 0.338 e. The zero-order valence-corrected chi connectivity index (χ0v) is 16.2. The highest BCUT2D eigenvalue weighted by Crippen LogP contribution is 2.20. The van der Waals surface area contributed by atoms with Crippen LogP contribution in [0.2, 0.25) is 0 Å². The molecular formula is C24H21NO4. The zero-order valence-electron chi connectivity index (χ0n) is 16.2. The van der Waals surface area contributed by atoms with Gasteiger partial charge in [0.05, 0.1) is 5.56 Å². The molecule has 0 unspecified atom stereocenters. The molecule has 0 spiro atoms. The van der Waals surface area contributed by atoms with Crippen LogP contribution >= 0.6 is 0 Å². The van der Waals surface area contributed by atoms with Gasteiger partial charge in [0.15, 0.2) is 11.9 Å². The maximum atomic E-state index is 12.4. The van der Waals surface area contributed by atoms with Crippen molar-refractivity contribution in [2.24, 2.45) is 0 Å². The van der Waals surface area contributed by atoms with Gasteiger partial charge in [-0.25, -0.2) is 4.79 Å². The number of benzene rings is 3. The Morgan fingerprint density at radius 2 is 1.45 bits per heavy atom. The van der Waals surface area contributed by atoms with Crippen LogP contribution in [0.5, 0.6) is 0 Å². The fourth-order valence-electron chi connectivity index (χ4n) is 2.77. The quantitative estimate of drug-likeness (QED) is 0.490. The van der Waals surface area contributed by atoms with E-state index in [4.69, 9.17) is 4.74 Å². The van der Waals surface area contributed by atoms with E-state index < -0.39 is 18.0 Å². The topological polar surface area (TPSA) is 72.5 Å². The molecular weight excluding hydrogens is 366 g/mol. The summed E-state index contributed by atoms with van der Waals surface area (Å²) >= 11 is 0. The third-order valence-electron chi connectivity index (χ3n) is 4.42. The molecule has 1 amide bonds. The van der Waals surface area contributed by atoms with Gasteiger partial charge in [-0.3, -0.25) is 9.59 Å². The van der Waals surface area contributed by atoms with Crippen molar-refractivity contribution in [2.45, 2.75) is 20.0 Å².